The number of carbonyl (C=O) groups is 1. The van der Waals surface area contributed by atoms with Gasteiger partial charge >= 0.3 is 0 Å². The Hall–Kier alpha value is -2.64. The van der Waals surface area contributed by atoms with Gasteiger partial charge in [-0.25, -0.2) is 0 Å². The Morgan fingerprint density at radius 2 is 1.88 bits per heavy atom. The van der Waals surface area contributed by atoms with E-state index < -0.39 is 0 Å². The average molecular weight is 321 g/mol. The van der Waals surface area contributed by atoms with Crippen LogP contribution < -0.4 is 5.32 Å². The van der Waals surface area contributed by atoms with Crippen molar-refractivity contribution < 1.29 is 4.79 Å². The molecule has 2 aromatic rings. The van der Waals surface area contributed by atoms with E-state index >= 15 is 0 Å². The Morgan fingerprint density at radius 3 is 2.50 bits per heavy atom. The van der Waals surface area contributed by atoms with Crippen LogP contribution in [-0.4, -0.2) is 23.9 Å². The Morgan fingerprint density at radius 1 is 1.21 bits per heavy atom. The first kappa shape index (κ1) is 17.7. The van der Waals surface area contributed by atoms with Crippen molar-refractivity contribution in [2.75, 3.05) is 12.4 Å². The molecule has 1 atom stereocenters. The minimum Gasteiger partial charge on any atom is -0.325 e. The number of carbonyl (C=O) groups excluding carboxylic acids is 1. The summed E-state index contributed by atoms with van der Waals surface area (Å²) in [5.74, 6) is -0.0854. The third-order valence-corrected chi connectivity index (χ3v) is 4.16. The van der Waals surface area contributed by atoms with Gasteiger partial charge in [-0.05, 0) is 49.7 Å². The van der Waals surface area contributed by atoms with E-state index in [-0.39, 0.29) is 11.9 Å². The highest BCUT2D eigenvalue weighted by Gasteiger charge is 2.18. The van der Waals surface area contributed by atoms with Crippen molar-refractivity contribution in [2.24, 2.45) is 0 Å². The van der Waals surface area contributed by atoms with Crippen molar-refractivity contribution in [1.82, 2.24) is 4.90 Å². The average Bonchev–Trinajstić information content (AvgIpc) is 2.61. The highest BCUT2D eigenvalue weighted by Crippen LogP contribution is 2.13. The minimum atomic E-state index is -0.276. The largest absolute Gasteiger partial charge is 0.325 e. The number of benzene rings is 2. The molecule has 0 aromatic heterocycles. The van der Waals surface area contributed by atoms with Crippen molar-refractivity contribution in [3.8, 4) is 6.07 Å². The number of hydrogen-bond acceptors (Lipinski definition) is 3. The monoisotopic (exact) mass is 321 g/mol. The number of nitrogens with one attached hydrogen (secondary N) is 1. The van der Waals surface area contributed by atoms with Crippen LogP contribution in [0.3, 0.4) is 0 Å². The maximum absolute atomic E-state index is 12.4. The van der Waals surface area contributed by atoms with E-state index in [2.05, 4.69) is 42.6 Å². The fourth-order valence-electron chi connectivity index (χ4n) is 2.42. The number of anilines is 1. The van der Waals surface area contributed by atoms with Crippen LogP contribution >= 0.6 is 0 Å². The van der Waals surface area contributed by atoms with E-state index in [0.29, 0.717) is 17.8 Å². The highest BCUT2D eigenvalue weighted by molar-refractivity contribution is 5.94. The molecule has 0 heterocycles. The lowest BCUT2D eigenvalue weighted by Gasteiger charge is -2.24. The number of hydrogen-bond donors (Lipinski definition) is 1. The van der Waals surface area contributed by atoms with E-state index in [1.165, 1.54) is 11.1 Å². The van der Waals surface area contributed by atoms with Crippen LogP contribution in [0.5, 0.6) is 0 Å². The standard InChI is InChI=1S/C20H23N3O/c1-4-16-8-10-17(11-9-16)14-23(3)15(2)20(24)22-19-7-5-6-18(12-19)13-21/h5-12,15H,4,14H2,1-3H3,(H,22,24). The molecule has 0 aliphatic carbocycles. The molecule has 0 aliphatic heterocycles. The molecule has 0 spiro atoms. The molecule has 0 aliphatic rings. The zero-order chi connectivity index (χ0) is 17.5. The molecule has 124 valence electrons. The molecular weight excluding hydrogens is 298 g/mol. The summed E-state index contributed by atoms with van der Waals surface area (Å²) >= 11 is 0. The van der Waals surface area contributed by atoms with E-state index in [1.54, 1.807) is 24.3 Å². The first-order valence-corrected chi connectivity index (χ1v) is 8.12. The van der Waals surface area contributed by atoms with Gasteiger partial charge < -0.3 is 5.32 Å². The quantitative estimate of drug-likeness (QED) is 0.885. The second-order valence-corrected chi connectivity index (χ2v) is 5.94. The van der Waals surface area contributed by atoms with Gasteiger partial charge in [-0.2, -0.15) is 5.26 Å². The predicted molar refractivity (Wildman–Crippen MR) is 96.5 cm³/mol. The Kier molecular flexibility index (Phi) is 6.11. The molecule has 2 rings (SSSR count). The summed E-state index contributed by atoms with van der Waals surface area (Å²) in [6.07, 6.45) is 1.02. The lowest BCUT2D eigenvalue weighted by Crippen LogP contribution is -2.39. The zero-order valence-electron chi connectivity index (χ0n) is 14.4. The smallest absolute Gasteiger partial charge is 0.241 e. The highest BCUT2D eigenvalue weighted by atomic mass is 16.2. The summed E-state index contributed by atoms with van der Waals surface area (Å²) in [5, 5.41) is 11.8. The molecule has 1 amide bonds. The number of nitrogens with zero attached hydrogens (tertiary/aromatic N) is 2. The number of aryl methyl sites for hydroxylation is 1. The van der Waals surface area contributed by atoms with E-state index in [4.69, 9.17) is 5.26 Å². The van der Waals surface area contributed by atoms with Gasteiger partial charge in [-0.15, -0.1) is 0 Å². The van der Waals surface area contributed by atoms with Crippen molar-refractivity contribution in [1.29, 1.82) is 5.26 Å². The van der Waals surface area contributed by atoms with Crippen LogP contribution in [0.1, 0.15) is 30.5 Å². The fraction of sp³-hybridized carbons (Fsp3) is 0.300. The van der Waals surface area contributed by atoms with Gasteiger partial charge in [0.05, 0.1) is 17.7 Å². The normalized spacial score (nSPS) is 11.8. The molecule has 4 heteroatoms. The third-order valence-electron chi connectivity index (χ3n) is 4.16. The van der Waals surface area contributed by atoms with Crippen molar-refractivity contribution in [2.45, 2.75) is 32.9 Å². The van der Waals surface area contributed by atoms with Gasteiger partial charge in [0.15, 0.2) is 0 Å². The number of amides is 1. The third kappa shape index (κ3) is 4.68. The molecular formula is C20H23N3O. The fourth-order valence-corrected chi connectivity index (χ4v) is 2.42. The summed E-state index contributed by atoms with van der Waals surface area (Å²) in [7, 11) is 1.93. The topological polar surface area (TPSA) is 56.1 Å². The Bertz CT molecular complexity index is 731. The molecule has 1 unspecified atom stereocenters. The van der Waals surface area contributed by atoms with Crippen LogP contribution in [-0.2, 0) is 17.8 Å². The van der Waals surface area contributed by atoms with E-state index in [9.17, 15) is 4.79 Å². The van der Waals surface area contributed by atoms with Gasteiger partial charge in [-0.1, -0.05) is 37.3 Å². The Labute approximate surface area is 143 Å². The maximum atomic E-state index is 12.4. The van der Waals surface area contributed by atoms with Gasteiger partial charge in [0.1, 0.15) is 0 Å². The first-order valence-electron chi connectivity index (χ1n) is 8.12. The summed E-state index contributed by atoms with van der Waals surface area (Å²) in [6, 6.07) is 17.2. The van der Waals surface area contributed by atoms with Crippen LogP contribution in [0.2, 0.25) is 0 Å². The van der Waals surface area contributed by atoms with E-state index in [1.807, 2.05) is 18.9 Å². The predicted octanol–water partition coefficient (Wildman–Crippen LogP) is 3.58. The SMILES string of the molecule is CCc1ccc(CN(C)C(C)C(=O)Nc2cccc(C#N)c2)cc1. The van der Waals surface area contributed by atoms with Crippen molar-refractivity contribution in [3.63, 3.8) is 0 Å². The summed E-state index contributed by atoms with van der Waals surface area (Å²) in [5.41, 5.74) is 3.67. The van der Waals surface area contributed by atoms with E-state index in [0.717, 1.165) is 6.42 Å². The second-order valence-electron chi connectivity index (χ2n) is 5.94. The summed E-state index contributed by atoms with van der Waals surface area (Å²) in [4.78, 5) is 14.4. The molecule has 4 nitrogen and oxygen atoms in total. The van der Waals surface area contributed by atoms with Crippen LogP contribution in [0, 0.1) is 11.3 Å². The minimum absolute atomic E-state index is 0.0854. The van der Waals surface area contributed by atoms with Crippen LogP contribution in [0.15, 0.2) is 48.5 Å². The molecule has 0 fully saturated rings. The second kappa shape index (κ2) is 8.28. The van der Waals surface area contributed by atoms with Gasteiger partial charge in [0.25, 0.3) is 0 Å². The maximum Gasteiger partial charge on any atom is 0.241 e. The molecule has 24 heavy (non-hydrogen) atoms. The van der Waals surface area contributed by atoms with Crippen molar-refractivity contribution >= 4 is 11.6 Å². The van der Waals surface area contributed by atoms with Crippen LogP contribution in [0.4, 0.5) is 5.69 Å². The summed E-state index contributed by atoms with van der Waals surface area (Å²) in [6.45, 7) is 4.72. The first-order chi connectivity index (χ1) is 11.5. The molecule has 1 N–H and O–H groups in total. The van der Waals surface area contributed by atoms with Gasteiger partial charge in [0, 0.05) is 12.2 Å². The Balaban J connectivity index is 1.97. The molecule has 2 aromatic carbocycles. The number of rotatable bonds is 6. The lowest BCUT2D eigenvalue weighted by molar-refractivity contribution is -0.120. The number of likely N-dealkylation sites (N-methyl/N-ethyl adjacent to an activating group) is 1. The molecule has 0 bridgehead atoms. The van der Waals surface area contributed by atoms with Crippen molar-refractivity contribution in [3.05, 3.63) is 65.2 Å². The number of nitriles is 1. The van der Waals surface area contributed by atoms with Crippen LogP contribution in [0.25, 0.3) is 0 Å². The van der Waals surface area contributed by atoms with Gasteiger partial charge in [-0.3, -0.25) is 9.69 Å². The summed E-state index contributed by atoms with van der Waals surface area (Å²) < 4.78 is 0. The molecule has 0 saturated heterocycles. The molecule has 0 radical (unpaired) electrons. The zero-order valence-corrected chi connectivity index (χ0v) is 14.4. The van der Waals surface area contributed by atoms with Gasteiger partial charge in [0.2, 0.25) is 5.91 Å². The lowest BCUT2D eigenvalue weighted by atomic mass is 10.1. The molecule has 0 saturated carbocycles.